The summed E-state index contributed by atoms with van der Waals surface area (Å²) in [6.45, 7) is 7.54. The molecule has 21 heavy (non-hydrogen) atoms. The fourth-order valence-corrected chi connectivity index (χ4v) is 3.02. The van der Waals surface area contributed by atoms with E-state index >= 15 is 0 Å². The first-order chi connectivity index (χ1) is 9.91. The van der Waals surface area contributed by atoms with Gasteiger partial charge < -0.3 is 10.1 Å². The van der Waals surface area contributed by atoms with E-state index in [1.165, 1.54) is 12.8 Å². The monoisotopic (exact) mass is 330 g/mol. The van der Waals surface area contributed by atoms with Gasteiger partial charge in [-0.25, -0.2) is 0 Å². The highest BCUT2D eigenvalue weighted by Crippen LogP contribution is 2.38. The van der Waals surface area contributed by atoms with Crippen molar-refractivity contribution in [1.29, 1.82) is 0 Å². The van der Waals surface area contributed by atoms with Crippen molar-refractivity contribution in [3.05, 3.63) is 16.1 Å². The Bertz CT molecular complexity index is 481. The lowest BCUT2D eigenvalue weighted by Gasteiger charge is -2.34. The molecule has 2 rings (SSSR count). The fourth-order valence-electron chi connectivity index (χ4n) is 2.55. The van der Waals surface area contributed by atoms with Gasteiger partial charge in [0.25, 0.3) is 0 Å². The molecule has 1 aliphatic carbocycles. The largest absolute Gasteiger partial charge is 0.473 e. The zero-order valence-electron chi connectivity index (χ0n) is 13.0. The van der Waals surface area contributed by atoms with Crippen LogP contribution in [0, 0.1) is 5.41 Å². The number of aromatic nitrogens is 1. The second-order valence-electron chi connectivity index (χ2n) is 6.51. The summed E-state index contributed by atoms with van der Waals surface area (Å²) in [6, 6.07) is 1.70. The minimum Gasteiger partial charge on any atom is -0.473 e. The van der Waals surface area contributed by atoms with Gasteiger partial charge in [0.1, 0.15) is 16.9 Å². The van der Waals surface area contributed by atoms with Gasteiger partial charge in [0, 0.05) is 6.54 Å². The number of nitrogens with one attached hydrogen (secondary N) is 1. The molecule has 3 nitrogen and oxygen atoms in total. The van der Waals surface area contributed by atoms with Crippen LogP contribution < -0.4 is 10.1 Å². The molecule has 1 aliphatic rings. The number of pyridine rings is 1. The summed E-state index contributed by atoms with van der Waals surface area (Å²) < 4.78 is 6.01. The zero-order chi connectivity index (χ0) is 15.5. The van der Waals surface area contributed by atoms with Gasteiger partial charge >= 0.3 is 0 Å². The molecule has 0 bridgehead atoms. The molecule has 1 aromatic rings. The average molecular weight is 331 g/mol. The maximum Gasteiger partial charge on any atom is 0.234 e. The van der Waals surface area contributed by atoms with Crippen LogP contribution in [0.15, 0.2) is 6.07 Å². The molecule has 0 spiro atoms. The highest BCUT2D eigenvalue weighted by Gasteiger charge is 2.28. The number of ether oxygens (including phenoxy) is 1. The van der Waals surface area contributed by atoms with Gasteiger partial charge in [-0.15, -0.1) is 0 Å². The van der Waals surface area contributed by atoms with Crippen molar-refractivity contribution >= 4 is 29.0 Å². The smallest absolute Gasteiger partial charge is 0.234 e. The van der Waals surface area contributed by atoms with Crippen molar-refractivity contribution in [3.63, 3.8) is 0 Å². The highest BCUT2D eigenvalue weighted by molar-refractivity contribution is 6.36. The molecule has 118 valence electrons. The SMILES string of the molecule is CCCNc1nc(OC2CCC(C)(C)CC2)c(Cl)cc1Cl. The van der Waals surface area contributed by atoms with Crippen molar-refractivity contribution in [1.82, 2.24) is 4.98 Å². The van der Waals surface area contributed by atoms with E-state index in [0.717, 1.165) is 25.8 Å². The summed E-state index contributed by atoms with van der Waals surface area (Å²) in [6.07, 6.45) is 5.64. The third-order valence-corrected chi connectivity index (χ3v) is 4.56. The number of halogens is 2. The second-order valence-corrected chi connectivity index (χ2v) is 7.33. The van der Waals surface area contributed by atoms with Crippen LogP contribution in [0.25, 0.3) is 0 Å². The number of hydrogen-bond acceptors (Lipinski definition) is 3. The van der Waals surface area contributed by atoms with E-state index in [0.29, 0.717) is 27.2 Å². The van der Waals surface area contributed by atoms with Crippen LogP contribution in [-0.4, -0.2) is 17.6 Å². The van der Waals surface area contributed by atoms with Gasteiger partial charge in [0.05, 0.1) is 5.02 Å². The molecule has 0 saturated heterocycles. The van der Waals surface area contributed by atoms with E-state index in [1.54, 1.807) is 6.07 Å². The molecular formula is C16H24Cl2N2O. The molecule has 1 aromatic heterocycles. The first kappa shape index (κ1) is 16.7. The molecule has 0 atom stereocenters. The summed E-state index contributed by atoms with van der Waals surface area (Å²) in [7, 11) is 0. The summed E-state index contributed by atoms with van der Waals surface area (Å²) in [5.41, 5.74) is 0.422. The quantitative estimate of drug-likeness (QED) is 0.767. The second kappa shape index (κ2) is 7.06. The first-order valence-electron chi connectivity index (χ1n) is 7.68. The van der Waals surface area contributed by atoms with Crippen LogP contribution in [0.2, 0.25) is 10.0 Å². The zero-order valence-corrected chi connectivity index (χ0v) is 14.5. The molecular weight excluding hydrogens is 307 g/mol. The van der Waals surface area contributed by atoms with E-state index in [1.807, 2.05) is 0 Å². The standard InChI is InChI=1S/C16H24Cl2N2O/c1-4-9-19-14-12(17)10-13(18)15(20-14)21-11-5-7-16(2,3)8-6-11/h10-11H,4-9H2,1-3H3,(H,19,20). The van der Waals surface area contributed by atoms with Gasteiger partial charge in [-0.2, -0.15) is 4.98 Å². The van der Waals surface area contributed by atoms with E-state index in [9.17, 15) is 0 Å². The lowest BCUT2D eigenvalue weighted by molar-refractivity contribution is 0.0951. The molecule has 0 amide bonds. The van der Waals surface area contributed by atoms with Crippen LogP contribution in [-0.2, 0) is 0 Å². The summed E-state index contributed by atoms with van der Waals surface area (Å²) in [5.74, 6) is 1.14. The van der Waals surface area contributed by atoms with Crippen molar-refractivity contribution in [2.75, 3.05) is 11.9 Å². The Morgan fingerprint density at radius 3 is 2.57 bits per heavy atom. The van der Waals surface area contributed by atoms with E-state index in [-0.39, 0.29) is 6.10 Å². The van der Waals surface area contributed by atoms with Crippen LogP contribution in [0.4, 0.5) is 5.82 Å². The molecule has 1 fully saturated rings. The van der Waals surface area contributed by atoms with Crippen LogP contribution in [0.5, 0.6) is 5.88 Å². The van der Waals surface area contributed by atoms with Crippen LogP contribution in [0.3, 0.4) is 0 Å². The average Bonchev–Trinajstić information content (AvgIpc) is 2.42. The topological polar surface area (TPSA) is 34.2 Å². The lowest BCUT2D eigenvalue weighted by atomic mass is 9.76. The van der Waals surface area contributed by atoms with Crippen molar-refractivity contribution in [2.45, 2.75) is 59.0 Å². The Hall–Kier alpha value is -0.670. The summed E-state index contributed by atoms with van der Waals surface area (Å²) >= 11 is 12.4. The van der Waals surface area contributed by atoms with Gasteiger partial charge in [-0.3, -0.25) is 0 Å². The van der Waals surface area contributed by atoms with E-state index < -0.39 is 0 Å². The number of rotatable bonds is 5. The molecule has 1 N–H and O–H groups in total. The minimum atomic E-state index is 0.197. The van der Waals surface area contributed by atoms with E-state index in [2.05, 4.69) is 31.1 Å². The maximum atomic E-state index is 6.21. The normalized spacial score (nSPS) is 18.5. The van der Waals surface area contributed by atoms with Crippen molar-refractivity contribution < 1.29 is 4.74 Å². The number of nitrogens with zero attached hydrogens (tertiary/aromatic N) is 1. The first-order valence-corrected chi connectivity index (χ1v) is 8.43. The van der Waals surface area contributed by atoms with Gasteiger partial charge in [-0.1, -0.05) is 44.0 Å². The Balaban J connectivity index is 2.05. The molecule has 1 heterocycles. The minimum absolute atomic E-state index is 0.197. The summed E-state index contributed by atoms with van der Waals surface area (Å²) in [5, 5.41) is 4.21. The Labute approximate surface area is 137 Å². The van der Waals surface area contributed by atoms with Crippen molar-refractivity contribution in [2.24, 2.45) is 5.41 Å². The molecule has 1 saturated carbocycles. The molecule has 0 aliphatic heterocycles. The highest BCUT2D eigenvalue weighted by atomic mass is 35.5. The Morgan fingerprint density at radius 2 is 1.95 bits per heavy atom. The van der Waals surface area contributed by atoms with Crippen molar-refractivity contribution in [3.8, 4) is 5.88 Å². The van der Waals surface area contributed by atoms with Crippen LogP contribution in [0.1, 0.15) is 52.9 Å². The molecule has 0 aromatic carbocycles. The van der Waals surface area contributed by atoms with Gasteiger partial charge in [-0.05, 0) is 43.6 Å². The predicted octanol–water partition coefficient (Wildman–Crippen LogP) is 5.56. The Morgan fingerprint density at radius 1 is 1.29 bits per heavy atom. The lowest BCUT2D eigenvalue weighted by Crippen LogP contribution is -2.28. The summed E-state index contributed by atoms with van der Waals surface area (Å²) in [4.78, 5) is 4.44. The van der Waals surface area contributed by atoms with Gasteiger partial charge in [0.2, 0.25) is 5.88 Å². The molecule has 0 radical (unpaired) electrons. The third-order valence-electron chi connectivity index (χ3n) is 4.00. The fraction of sp³-hybridized carbons (Fsp3) is 0.688. The van der Waals surface area contributed by atoms with E-state index in [4.69, 9.17) is 27.9 Å². The maximum absolute atomic E-state index is 6.21. The van der Waals surface area contributed by atoms with Gasteiger partial charge in [0.15, 0.2) is 0 Å². The number of hydrogen-bond donors (Lipinski definition) is 1. The molecule has 0 unspecified atom stereocenters. The third kappa shape index (κ3) is 4.65. The molecule has 5 heteroatoms. The van der Waals surface area contributed by atoms with Crippen LogP contribution >= 0.6 is 23.2 Å². The Kier molecular flexibility index (Phi) is 5.61. The number of anilines is 1. The predicted molar refractivity (Wildman–Crippen MR) is 89.7 cm³/mol.